The number of carbonyl (C=O) groups excluding carboxylic acids is 2. The van der Waals surface area contributed by atoms with Crippen molar-refractivity contribution in [3.05, 3.63) is 95.6 Å². The van der Waals surface area contributed by atoms with E-state index in [0.717, 1.165) is 27.8 Å². The number of amides is 2. The fraction of sp³-hybridized carbons (Fsp3) is 0.323. The molecule has 1 aliphatic carbocycles. The van der Waals surface area contributed by atoms with E-state index in [1.165, 1.54) is 4.90 Å². The summed E-state index contributed by atoms with van der Waals surface area (Å²) in [5, 5.41) is 12.0. The molecule has 8 heteroatoms. The number of carboxylic acid groups (broad SMARTS) is 1. The molecule has 0 saturated carbocycles. The monoisotopic (exact) mass is 527 g/mol. The van der Waals surface area contributed by atoms with Crippen LogP contribution in [0.2, 0.25) is 0 Å². The number of benzene rings is 3. The minimum Gasteiger partial charge on any atom is -0.481 e. The van der Waals surface area contributed by atoms with Gasteiger partial charge in [-0.2, -0.15) is 0 Å². The quantitative estimate of drug-likeness (QED) is 0.435. The van der Waals surface area contributed by atoms with Gasteiger partial charge in [0.1, 0.15) is 12.1 Å². The number of hydrogen-bond acceptors (Lipinski definition) is 5. The average molecular weight is 528 g/mol. The molecule has 0 radical (unpaired) electrons. The number of nitrogens with one attached hydrogen (secondary N) is 1. The second-order valence-electron chi connectivity index (χ2n) is 10.3. The Hall–Kier alpha value is -4.17. The summed E-state index contributed by atoms with van der Waals surface area (Å²) in [6, 6.07) is 26.2. The van der Waals surface area contributed by atoms with Gasteiger partial charge in [-0.15, -0.1) is 0 Å². The van der Waals surface area contributed by atoms with Crippen molar-refractivity contribution in [2.24, 2.45) is 0 Å². The fourth-order valence-corrected chi connectivity index (χ4v) is 5.76. The number of nitrogens with zero attached hydrogens (tertiary/aromatic N) is 2. The second kappa shape index (κ2) is 11.3. The summed E-state index contributed by atoms with van der Waals surface area (Å²) in [6.45, 7) is 1.76. The first-order valence-electron chi connectivity index (χ1n) is 13.2. The molecule has 5 rings (SSSR count). The number of carboxylic acids is 1. The number of carbonyl (C=O) groups is 3. The maximum atomic E-state index is 13.6. The highest BCUT2D eigenvalue weighted by Crippen LogP contribution is 2.44. The summed E-state index contributed by atoms with van der Waals surface area (Å²) in [6.07, 6.45) is -0.421. The lowest BCUT2D eigenvalue weighted by atomic mass is 9.96. The van der Waals surface area contributed by atoms with Crippen LogP contribution in [0.3, 0.4) is 0 Å². The number of likely N-dealkylation sites (N-methyl/N-ethyl adjacent to an activating group) is 1. The molecule has 0 aromatic heterocycles. The summed E-state index contributed by atoms with van der Waals surface area (Å²) in [5.41, 5.74) is 4.41. The van der Waals surface area contributed by atoms with Crippen LogP contribution in [0.25, 0.3) is 11.1 Å². The minimum absolute atomic E-state index is 0.0565. The van der Waals surface area contributed by atoms with Crippen LogP contribution in [0.5, 0.6) is 0 Å². The Bertz CT molecular complexity index is 1320. The third-order valence-corrected chi connectivity index (χ3v) is 7.70. The van der Waals surface area contributed by atoms with Crippen molar-refractivity contribution in [2.75, 3.05) is 33.3 Å². The highest BCUT2D eigenvalue weighted by atomic mass is 16.5. The number of hydrogen-bond donors (Lipinski definition) is 2. The summed E-state index contributed by atoms with van der Waals surface area (Å²) >= 11 is 0. The maximum absolute atomic E-state index is 13.6. The third-order valence-electron chi connectivity index (χ3n) is 7.70. The van der Waals surface area contributed by atoms with Crippen molar-refractivity contribution in [1.29, 1.82) is 0 Å². The van der Waals surface area contributed by atoms with Crippen LogP contribution in [0.1, 0.15) is 35.4 Å². The van der Waals surface area contributed by atoms with Gasteiger partial charge >= 0.3 is 12.1 Å². The van der Waals surface area contributed by atoms with E-state index >= 15 is 0 Å². The number of aliphatic carboxylic acids is 1. The molecule has 1 fully saturated rings. The molecule has 1 saturated heterocycles. The molecule has 2 amide bonds. The van der Waals surface area contributed by atoms with Gasteiger partial charge in [0.15, 0.2) is 0 Å². The smallest absolute Gasteiger partial charge is 0.408 e. The maximum Gasteiger partial charge on any atom is 0.408 e. The van der Waals surface area contributed by atoms with Crippen LogP contribution in [0.15, 0.2) is 78.9 Å². The standard InChI is InChI=1S/C31H33N3O5/c1-33(17-15-28(35)36)29(37)31(16-18-34(21-31)19-22-9-3-2-4-10-22)32-30(38)39-20-27-25-13-7-5-11-23(25)24-12-6-8-14-26(24)27/h2-14,27H,15-21H2,1H3,(H,32,38)(H,35,36). The molecule has 39 heavy (non-hydrogen) atoms. The lowest BCUT2D eigenvalue weighted by Gasteiger charge is -2.33. The van der Waals surface area contributed by atoms with E-state index in [1.54, 1.807) is 7.05 Å². The highest BCUT2D eigenvalue weighted by Gasteiger charge is 2.47. The van der Waals surface area contributed by atoms with E-state index in [-0.39, 0.29) is 31.4 Å². The van der Waals surface area contributed by atoms with Crippen LogP contribution < -0.4 is 5.32 Å². The van der Waals surface area contributed by atoms with Gasteiger partial charge in [0, 0.05) is 39.1 Å². The summed E-state index contributed by atoms with van der Waals surface area (Å²) < 4.78 is 5.77. The molecule has 0 spiro atoms. The van der Waals surface area contributed by atoms with Crippen LogP contribution >= 0.6 is 0 Å². The van der Waals surface area contributed by atoms with E-state index in [0.29, 0.717) is 26.1 Å². The molecule has 0 bridgehead atoms. The summed E-state index contributed by atoms with van der Waals surface area (Å²) in [7, 11) is 1.58. The zero-order valence-electron chi connectivity index (χ0n) is 22.0. The Morgan fingerprint density at radius 2 is 1.59 bits per heavy atom. The Balaban J connectivity index is 1.30. The van der Waals surface area contributed by atoms with Crippen molar-refractivity contribution in [2.45, 2.75) is 30.8 Å². The lowest BCUT2D eigenvalue weighted by molar-refractivity contribution is -0.140. The first-order chi connectivity index (χ1) is 18.9. The molecule has 2 aliphatic rings. The number of rotatable bonds is 9. The summed E-state index contributed by atoms with van der Waals surface area (Å²) in [4.78, 5) is 41.5. The molecule has 1 atom stereocenters. The van der Waals surface area contributed by atoms with E-state index < -0.39 is 17.6 Å². The average Bonchev–Trinajstić information content (AvgIpc) is 3.50. The molecule has 202 valence electrons. The van der Waals surface area contributed by atoms with Gasteiger partial charge in [-0.25, -0.2) is 4.79 Å². The Morgan fingerprint density at radius 1 is 0.974 bits per heavy atom. The van der Waals surface area contributed by atoms with E-state index in [9.17, 15) is 14.4 Å². The van der Waals surface area contributed by atoms with E-state index in [1.807, 2.05) is 54.6 Å². The number of fused-ring (bicyclic) bond motifs is 3. The number of ether oxygens (including phenoxy) is 1. The summed E-state index contributed by atoms with van der Waals surface area (Å²) in [5.74, 6) is -1.38. The molecule has 3 aromatic carbocycles. The van der Waals surface area contributed by atoms with Gasteiger partial charge in [-0.3, -0.25) is 14.5 Å². The molecule has 8 nitrogen and oxygen atoms in total. The molecule has 1 aliphatic heterocycles. The van der Waals surface area contributed by atoms with Crippen molar-refractivity contribution in [3.63, 3.8) is 0 Å². The number of alkyl carbamates (subject to hydrolysis) is 1. The third kappa shape index (κ3) is 5.66. The Morgan fingerprint density at radius 3 is 2.23 bits per heavy atom. The van der Waals surface area contributed by atoms with Crippen molar-refractivity contribution >= 4 is 18.0 Å². The topological polar surface area (TPSA) is 99.2 Å². The molecule has 2 N–H and O–H groups in total. The van der Waals surface area contributed by atoms with Crippen LogP contribution in [-0.4, -0.2) is 71.7 Å². The van der Waals surface area contributed by atoms with Crippen molar-refractivity contribution < 1.29 is 24.2 Å². The van der Waals surface area contributed by atoms with Crippen LogP contribution in [-0.2, 0) is 20.9 Å². The lowest BCUT2D eigenvalue weighted by Crippen LogP contribution is -2.60. The van der Waals surface area contributed by atoms with Crippen molar-refractivity contribution in [1.82, 2.24) is 15.1 Å². The second-order valence-corrected chi connectivity index (χ2v) is 10.3. The van der Waals surface area contributed by atoms with E-state index in [2.05, 4.69) is 34.5 Å². The molecular weight excluding hydrogens is 494 g/mol. The first kappa shape index (κ1) is 26.4. The van der Waals surface area contributed by atoms with E-state index in [4.69, 9.17) is 9.84 Å². The van der Waals surface area contributed by atoms with Gasteiger partial charge in [0.25, 0.3) is 0 Å². The zero-order chi connectivity index (χ0) is 27.4. The van der Waals surface area contributed by atoms with Gasteiger partial charge in [0.2, 0.25) is 5.91 Å². The van der Waals surface area contributed by atoms with Gasteiger partial charge in [-0.05, 0) is 34.2 Å². The Kier molecular flexibility index (Phi) is 7.65. The SMILES string of the molecule is CN(CCC(=O)O)C(=O)C1(NC(=O)OCC2c3ccccc3-c3ccccc32)CCN(Cc2ccccc2)C1. The van der Waals surface area contributed by atoms with Crippen LogP contribution in [0.4, 0.5) is 4.79 Å². The minimum atomic E-state index is -1.20. The Labute approximate surface area is 228 Å². The molecule has 1 heterocycles. The normalized spacial score (nSPS) is 18.3. The predicted molar refractivity (Wildman–Crippen MR) is 147 cm³/mol. The van der Waals surface area contributed by atoms with Gasteiger partial charge < -0.3 is 20.1 Å². The zero-order valence-corrected chi connectivity index (χ0v) is 22.0. The molecular formula is C31H33N3O5. The largest absolute Gasteiger partial charge is 0.481 e. The molecule has 3 aromatic rings. The predicted octanol–water partition coefficient (Wildman–Crippen LogP) is 4.10. The van der Waals surface area contributed by atoms with Gasteiger partial charge in [-0.1, -0.05) is 78.9 Å². The fourth-order valence-electron chi connectivity index (χ4n) is 5.76. The first-order valence-corrected chi connectivity index (χ1v) is 13.2. The van der Waals surface area contributed by atoms with Gasteiger partial charge in [0.05, 0.1) is 6.42 Å². The van der Waals surface area contributed by atoms with Crippen molar-refractivity contribution in [3.8, 4) is 11.1 Å². The highest BCUT2D eigenvalue weighted by molar-refractivity contribution is 5.91. The molecule has 1 unspecified atom stereocenters. The van der Waals surface area contributed by atoms with Crippen LogP contribution in [0, 0.1) is 0 Å². The number of likely N-dealkylation sites (tertiary alicyclic amines) is 1.